The van der Waals surface area contributed by atoms with Gasteiger partial charge >= 0.3 is 0 Å². The minimum Gasteiger partial charge on any atom is -0.493 e. The highest BCUT2D eigenvalue weighted by Gasteiger charge is 2.06. The largest absolute Gasteiger partial charge is 0.493 e. The second-order valence-corrected chi connectivity index (χ2v) is 6.43. The zero-order chi connectivity index (χ0) is 19.8. The lowest BCUT2D eigenvalue weighted by atomic mass is 10.0. The van der Waals surface area contributed by atoms with Crippen LogP contribution in [0.3, 0.4) is 0 Å². The summed E-state index contributed by atoms with van der Waals surface area (Å²) in [5, 5.41) is 9.28. The van der Waals surface area contributed by atoms with Crippen LogP contribution in [0.5, 0.6) is 11.5 Å². The van der Waals surface area contributed by atoms with Gasteiger partial charge in [0.05, 0.1) is 14.2 Å². The summed E-state index contributed by atoms with van der Waals surface area (Å²) in [5.41, 5.74) is 2.43. The second kappa shape index (κ2) is 11.5. The Morgan fingerprint density at radius 3 is 2.41 bits per heavy atom. The standard InChI is InChI=1S/C23H27N3O2.HI/c1-24-23(25-14-13-17-11-12-21(27-2)22(15-17)28-3)26-16-19-9-6-8-18-7-4-5-10-20(18)19;/h4-12,15H,13-14,16H2,1-3H3,(H2,24,25,26);1H. The van der Waals surface area contributed by atoms with Crippen molar-refractivity contribution in [1.82, 2.24) is 10.6 Å². The number of hydrogen-bond donors (Lipinski definition) is 2. The molecule has 0 atom stereocenters. The summed E-state index contributed by atoms with van der Waals surface area (Å²) in [4.78, 5) is 4.33. The van der Waals surface area contributed by atoms with Gasteiger partial charge < -0.3 is 20.1 Å². The molecule has 0 fully saturated rings. The highest BCUT2D eigenvalue weighted by atomic mass is 127. The van der Waals surface area contributed by atoms with E-state index in [4.69, 9.17) is 9.47 Å². The third-order valence-corrected chi connectivity index (χ3v) is 4.70. The van der Waals surface area contributed by atoms with Crippen LogP contribution in [0.1, 0.15) is 11.1 Å². The number of aliphatic imine (C=N–C) groups is 1. The lowest BCUT2D eigenvalue weighted by Gasteiger charge is -2.14. The summed E-state index contributed by atoms with van der Waals surface area (Å²) in [7, 11) is 5.08. The monoisotopic (exact) mass is 505 g/mol. The molecule has 0 heterocycles. The van der Waals surface area contributed by atoms with Crippen molar-refractivity contribution in [3.63, 3.8) is 0 Å². The summed E-state index contributed by atoms with van der Waals surface area (Å²) in [6.45, 7) is 1.49. The quantitative estimate of drug-likeness (QED) is 0.284. The van der Waals surface area contributed by atoms with Crippen LogP contribution in [0.2, 0.25) is 0 Å². The topological polar surface area (TPSA) is 54.9 Å². The Balaban J connectivity index is 0.00000300. The molecule has 29 heavy (non-hydrogen) atoms. The number of nitrogens with zero attached hydrogens (tertiary/aromatic N) is 1. The van der Waals surface area contributed by atoms with Crippen molar-refractivity contribution in [1.29, 1.82) is 0 Å². The van der Waals surface area contributed by atoms with Crippen LogP contribution in [0, 0.1) is 0 Å². The van der Waals surface area contributed by atoms with E-state index in [1.165, 1.54) is 21.9 Å². The van der Waals surface area contributed by atoms with E-state index in [2.05, 4.69) is 64.2 Å². The smallest absolute Gasteiger partial charge is 0.191 e. The van der Waals surface area contributed by atoms with E-state index in [9.17, 15) is 0 Å². The van der Waals surface area contributed by atoms with Gasteiger partial charge in [-0.3, -0.25) is 4.99 Å². The molecular formula is C23H28IN3O2. The molecule has 0 saturated carbocycles. The molecule has 0 aromatic heterocycles. The van der Waals surface area contributed by atoms with Gasteiger partial charge in [0.15, 0.2) is 17.5 Å². The zero-order valence-electron chi connectivity index (χ0n) is 17.1. The third-order valence-electron chi connectivity index (χ3n) is 4.70. The fourth-order valence-electron chi connectivity index (χ4n) is 3.21. The molecule has 154 valence electrons. The van der Waals surface area contributed by atoms with Crippen LogP contribution in [0.15, 0.2) is 65.7 Å². The first-order valence-corrected chi connectivity index (χ1v) is 9.37. The predicted octanol–water partition coefficient (Wildman–Crippen LogP) is 4.38. The van der Waals surface area contributed by atoms with Gasteiger partial charge in [-0.25, -0.2) is 0 Å². The van der Waals surface area contributed by atoms with E-state index in [0.29, 0.717) is 0 Å². The maximum Gasteiger partial charge on any atom is 0.191 e. The maximum atomic E-state index is 5.37. The molecule has 0 bridgehead atoms. The fourth-order valence-corrected chi connectivity index (χ4v) is 3.21. The summed E-state index contributed by atoms with van der Waals surface area (Å²) in [5.74, 6) is 2.28. The summed E-state index contributed by atoms with van der Waals surface area (Å²) in [6, 6.07) is 20.8. The number of methoxy groups -OCH3 is 2. The fraction of sp³-hybridized carbons (Fsp3) is 0.261. The molecular weight excluding hydrogens is 477 g/mol. The van der Waals surface area contributed by atoms with Gasteiger partial charge in [-0.15, -0.1) is 24.0 Å². The van der Waals surface area contributed by atoms with E-state index in [1.807, 2.05) is 12.1 Å². The highest BCUT2D eigenvalue weighted by molar-refractivity contribution is 14.0. The van der Waals surface area contributed by atoms with Gasteiger partial charge in [0, 0.05) is 20.1 Å². The van der Waals surface area contributed by atoms with Crippen LogP contribution in [0.4, 0.5) is 0 Å². The van der Waals surface area contributed by atoms with Crippen molar-refractivity contribution in [2.75, 3.05) is 27.8 Å². The predicted molar refractivity (Wildman–Crippen MR) is 131 cm³/mol. The molecule has 2 N–H and O–H groups in total. The molecule has 0 unspecified atom stereocenters. The molecule has 0 spiro atoms. The van der Waals surface area contributed by atoms with Gasteiger partial charge in [-0.1, -0.05) is 48.5 Å². The SMILES string of the molecule is CN=C(NCCc1ccc(OC)c(OC)c1)NCc1cccc2ccccc12.I. The first-order valence-electron chi connectivity index (χ1n) is 9.37. The number of ether oxygens (including phenoxy) is 2. The lowest BCUT2D eigenvalue weighted by Crippen LogP contribution is -2.37. The normalized spacial score (nSPS) is 10.9. The van der Waals surface area contributed by atoms with E-state index < -0.39 is 0 Å². The van der Waals surface area contributed by atoms with Crippen molar-refractivity contribution < 1.29 is 9.47 Å². The Labute approximate surface area is 189 Å². The average molecular weight is 505 g/mol. The van der Waals surface area contributed by atoms with Crippen molar-refractivity contribution in [3.8, 4) is 11.5 Å². The minimum atomic E-state index is 0. The Hall–Kier alpha value is -2.48. The summed E-state index contributed by atoms with van der Waals surface area (Å²) in [6.07, 6.45) is 0.856. The number of halogens is 1. The van der Waals surface area contributed by atoms with E-state index >= 15 is 0 Å². The van der Waals surface area contributed by atoms with Gasteiger partial charge in [0.1, 0.15) is 0 Å². The van der Waals surface area contributed by atoms with Crippen LogP contribution in [-0.2, 0) is 13.0 Å². The van der Waals surface area contributed by atoms with Crippen molar-refractivity contribution in [2.45, 2.75) is 13.0 Å². The number of benzene rings is 3. The van der Waals surface area contributed by atoms with Crippen molar-refractivity contribution in [2.24, 2.45) is 4.99 Å². The molecule has 0 aliphatic carbocycles. The number of fused-ring (bicyclic) bond motifs is 1. The Morgan fingerprint density at radius 2 is 1.66 bits per heavy atom. The van der Waals surface area contributed by atoms with Crippen molar-refractivity contribution >= 4 is 40.7 Å². The molecule has 3 aromatic rings. The number of rotatable bonds is 7. The van der Waals surface area contributed by atoms with E-state index in [0.717, 1.165) is 37.0 Å². The number of hydrogen-bond acceptors (Lipinski definition) is 3. The highest BCUT2D eigenvalue weighted by Crippen LogP contribution is 2.27. The minimum absolute atomic E-state index is 0. The Kier molecular flexibility index (Phi) is 9.05. The summed E-state index contributed by atoms with van der Waals surface area (Å²) < 4.78 is 10.7. The maximum absolute atomic E-state index is 5.37. The van der Waals surface area contributed by atoms with Gasteiger partial charge in [-0.05, 0) is 40.5 Å². The molecule has 0 aliphatic heterocycles. The molecule has 3 rings (SSSR count). The van der Waals surface area contributed by atoms with Crippen molar-refractivity contribution in [3.05, 3.63) is 71.8 Å². The molecule has 5 nitrogen and oxygen atoms in total. The number of nitrogens with one attached hydrogen (secondary N) is 2. The second-order valence-electron chi connectivity index (χ2n) is 6.43. The van der Waals surface area contributed by atoms with Gasteiger partial charge in [-0.2, -0.15) is 0 Å². The molecule has 0 aliphatic rings. The summed E-state index contributed by atoms with van der Waals surface area (Å²) >= 11 is 0. The third kappa shape index (κ3) is 6.00. The zero-order valence-corrected chi connectivity index (χ0v) is 19.4. The Bertz CT molecular complexity index is 955. The van der Waals surface area contributed by atoms with Gasteiger partial charge in [0.2, 0.25) is 0 Å². The first kappa shape index (κ1) is 22.8. The van der Waals surface area contributed by atoms with Crippen LogP contribution in [-0.4, -0.2) is 33.8 Å². The van der Waals surface area contributed by atoms with Crippen LogP contribution in [0.25, 0.3) is 10.8 Å². The number of guanidine groups is 1. The first-order chi connectivity index (χ1) is 13.7. The van der Waals surface area contributed by atoms with Crippen LogP contribution >= 0.6 is 24.0 Å². The van der Waals surface area contributed by atoms with E-state index in [-0.39, 0.29) is 24.0 Å². The lowest BCUT2D eigenvalue weighted by molar-refractivity contribution is 0.354. The van der Waals surface area contributed by atoms with Crippen LogP contribution < -0.4 is 20.1 Å². The Morgan fingerprint density at radius 1 is 0.897 bits per heavy atom. The average Bonchev–Trinajstić information content (AvgIpc) is 2.75. The molecule has 3 aromatic carbocycles. The van der Waals surface area contributed by atoms with E-state index in [1.54, 1.807) is 21.3 Å². The molecule has 0 radical (unpaired) electrons. The van der Waals surface area contributed by atoms with Gasteiger partial charge in [0.25, 0.3) is 0 Å². The molecule has 6 heteroatoms. The molecule has 0 saturated heterocycles. The molecule has 0 amide bonds.